The summed E-state index contributed by atoms with van der Waals surface area (Å²) in [5.41, 5.74) is 0. The molecule has 0 amide bonds. The maximum Gasteiger partial charge on any atom is 0.472 e. The Bertz CT molecular complexity index is 1950. The number of ether oxygens (including phenoxy) is 4. The second-order valence-electron chi connectivity index (χ2n) is 30.1. The van der Waals surface area contributed by atoms with Crippen molar-refractivity contribution >= 4 is 39.5 Å². The molecule has 0 fully saturated rings. The van der Waals surface area contributed by atoms with Crippen molar-refractivity contribution in [1.29, 1.82) is 0 Å². The van der Waals surface area contributed by atoms with E-state index in [4.69, 9.17) is 37.0 Å². The van der Waals surface area contributed by atoms with Gasteiger partial charge in [0.05, 0.1) is 26.4 Å². The first-order valence-electron chi connectivity index (χ1n) is 43.2. The fourth-order valence-corrected chi connectivity index (χ4v) is 14.5. The van der Waals surface area contributed by atoms with Gasteiger partial charge in [0.1, 0.15) is 19.3 Å². The molecule has 0 aliphatic carbocycles. The number of hydrogen-bond acceptors (Lipinski definition) is 15. The van der Waals surface area contributed by atoms with Crippen LogP contribution in [0.4, 0.5) is 0 Å². The van der Waals surface area contributed by atoms with E-state index >= 15 is 0 Å². The number of carbonyl (C=O) groups is 4. The maximum absolute atomic E-state index is 13.1. The number of carbonyl (C=O) groups excluding carboxylic acids is 4. The molecule has 17 nitrogen and oxygen atoms in total. The Morgan fingerprint density at radius 1 is 0.275 bits per heavy atom. The molecule has 3 N–H and O–H groups in total. The minimum Gasteiger partial charge on any atom is -0.462 e. The highest BCUT2D eigenvalue weighted by molar-refractivity contribution is 7.47. The van der Waals surface area contributed by atoms with E-state index in [9.17, 15) is 43.2 Å². The van der Waals surface area contributed by atoms with Gasteiger partial charge < -0.3 is 33.8 Å². The molecular weight excluding hydrogens is 1330 g/mol. The van der Waals surface area contributed by atoms with Crippen LogP contribution in [0.15, 0.2) is 0 Å². The monoisotopic (exact) mass is 1490 g/mol. The molecule has 6 atom stereocenters. The molecule has 3 unspecified atom stereocenters. The van der Waals surface area contributed by atoms with Gasteiger partial charge in [-0.05, 0) is 31.6 Å². The Labute approximate surface area is 626 Å². The fraction of sp³-hybridized carbons (Fsp3) is 0.952. The van der Waals surface area contributed by atoms with Gasteiger partial charge in [0.25, 0.3) is 0 Å². The van der Waals surface area contributed by atoms with Crippen molar-refractivity contribution in [1.82, 2.24) is 0 Å². The third-order valence-electron chi connectivity index (χ3n) is 19.9. The highest BCUT2D eigenvalue weighted by Gasteiger charge is 2.30. The van der Waals surface area contributed by atoms with Crippen LogP contribution in [0, 0.1) is 5.92 Å². The van der Waals surface area contributed by atoms with E-state index in [1.807, 2.05) is 0 Å². The second kappa shape index (κ2) is 75.9. The first-order valence-corrected chi connectivity index (χ1v) is 46.2. The lowest BCUT2D eigenvalue weighted by Gasteiger charge is -2.21. The molecule has 0 bridgehead atoms. The Balaban J connectivity index is 5.20. The van der Waals surface area contributed by atoms with Gasteiger partial charge in [-0.15, -0.1) is 0 Å². The maximum atomic E-state index is 13.1. The van der Waals surface area contributed by atoms with Crippen molar-refractivity contribution in [3.63, 3.8) is 0 Å². The molecule has 102 heavy (non-hydrogen) atoms. The first-order chi connectivity index (χ1) is 49.6. The van der Waals surface area contributed by atoms with Crippen molar-refractivity contribution in [2.75, 3.05) is 39.6 Å². The predicted molar refractivity (Wildman–Crippen MR) is 418 cm³/mol. The van der Waals surface area contributed by atoms with E-state index < -0.39 is 97.5 Å². The SMILES string of the molecule is CCCCCCCCCCCCCCCCCCCCCCCCC(=O)O[C@H](COC(=O)CCCCCCCCCCCCCCCCC(C)CC)COP(=O)(O)OC[C@@H](O)COP(=O)(O)OC[C@@H](COC(=O)CCCCCCCCCCCC)OC(=O)CCCCCCCCCCCCCC. The summed E-state index contributed by atoms with van der Waals surface area (Å²) in [4.78, 5) is 73.0. The van der Waals surface area contributed by atoms with Gasteiger partial charge in [-0.3, -0.25) is 37.3 Å². The van der Waals surface area contributed by atoms with Crippen molar-refractivity contribution in [3.05, 3.63) is 0 Å². The number of aliphatic hydroxyl groups excluding tert-OH is 1. The Hall–Kier alpha value is -1.94. The van der Waals surface area contributed by atoms with Crippen LogP contribution < -0.4 is 0 Å². The summed E-state index contributed by atoms with van der Waals surface area (Å²) in [6.45, 7) is 7.38. The zero-order valence-electron chi connectivity index (χ0n) is 66.8. The number of aliphatic hydroxyl groups is 1. The van der Waals surface area contributed by atoms with Crippen LogP contribution in [-0.4, -0.2) is 96.7 Å². The Morgan fingerprint density at radius 2 is 0.471 bits per heavy atom. The highest BCUT2D eigenvalue weighted by atomic mass is 31.2. The van der Waals surface area contributed by atoms with Crippen LogP contribution in [0.5, 0.6) is 0 Å². The molecule has 0 aliphatic rings. The van der Waals surface area contributed by atoms with Crippen LogP contribution in [0.2, 0.25) is 0 Å². The second-order valence-corrected chi connectivity index (χ2v) is 33.0. The lowest BCUT2D eigenvalue weighted by molar-refractivity contribution is -0.161. The molecule has 0 radical (unpaired) electrons. The Kier molecular flexibility index (Phi) is 74.4. The molecule has 0 saturated carbocycles. The zero-order chi connectivity index (χ0) is 74.8. The van der Waals surface area contributed by atoms with Crippen molar-refractivity contribution < 1.29 is 80.2 Å². The molecule has 0 aromatic rings. The quantitative estimate of drug-likeness (QED) is 0.0222. The number of rotatable bonds is 83. The van der Waals surface area contributed by atoms with Crippen LogP contribution in [0.1, 0.15) is 446 Å². The smallest absolute Gasteiger partial charge is 0.462 e. The predicted octanol–water partition coefficient (Wildman–Crippen LogP) is 25.2. The van der Waals surface area contributed by atoms with Gasteiger partial charge >= 0.3 is 39.5 Å². The molecule has 0 aliphatic heterocycles. The number of unbranched alkanes of at least 4 members (excludes halogenated alkanes) is 54. The molecular formula is C83H162O17P2. The van der Waals surface area contributed by atoms with Crippen LogP contribution in [0.3, 0.4) is 0 Å². The van der Waals surface area contributed by atoms with E-state index in [1.54, 1.807) is 0 Å². The Morgan fingerprint density at radius 3 is 0.696 bits per heavy atom. The summed E-state index contributed by atoms with van der Waals surface area (Å²) in [6, 6.07) is 0. The minimum atomic E-state index is -4.96. The number of phosphoric ester groups is 2. The summed E-state index contributed by atoms with van der Waals surface area (Å²) in [7, 11) is -9.92. The van der Waals surface area contributed by atoms with E-state index in [-0.39, 0.29) is 25.7 Å². The molecule has 0 heterocycles. The van der Waals surface area contributed by atoms with Gasteiger partial charge in [0.15, 0.2) is 12.2 Å². The molecule has 0 rings (SSSR count). The van der Waals surface area contributed by atoms with E-state index in [1.165, 1.54) is 270 Å². The highest BCUT2D eigenvalue weighted by Crippen LogP contribution is 2.45. The first kappa shape index (κ1) is 100. The largest absolute Gasteiger partial charge is 0.472 e. The van der Waals surface area contributed by atoms with E-state index in [0.717, 1.165) is 95.8 Å². The molecule has 0 aromatic heterocycles. The average molecular weight is 1490 g/mol. The molecule has 0 spiro atoms. The summed E-state index contributed by atoms with van der Waals surface area (Å²) in [5.74, 6) is -1.25. The van der Waals surface area contributed by atoms with Gasteiger partial charge in [-0.25, -0.2) is 9.13 Å². The van der Waals surface area contributed by atoms with Gasteiger partial charge in [0, 0.05) is 25.7 Å². The van der Waals surface area contributed by atoms with Gasteiger partial charge in [-0.1, -0.05) is 394 Å². The van der Waals surface area contributed by atoms with E-state index in [2.05, 4.69) is 34.6 Å². The normalized spacial score (nSPS) is 14.1. The topological polar surface area (TPSA) is 237 Å². The van der Waals surface area contributed by atoms with Gasteiger partial charge in [0.2, 0.25) is 0 Å². The summed E-state index contributed by atoms with van der Waals surface area (Å²) >= 11 is 0. The number of phosphoric acid groups is 2. The van der Waals surface area contributed by atoms with Crippen LogP contribution in [0.25, 0.3) is 0 Å². The third-order valence-corrected chi connectivity index (χ3v) is 21.8. The molecule has 19 heteroatoms. The van der Waals surface area contributed by atoms with Crippen LogP contribution >= 0.6 is 15.6 Å². The average Bonchev–Trinajstić information content (AvgIpc) is 0.917. The lowest BCUT2D eigenvalue weighted by atomic mass is 9.99. The lowest BCUT2D eigenvalue weighted by Crippen LogP contribution is -2.30. The van der Waals surface area contributed by atoms with Gasteiger partial charge in [-0.2, -0.15) is 0 Å². The zero-order valence-corrected chi connectivity index (χ0v) is 68.5. The minimum absolute atomic E-state index is 0.108. The molecule has 606 valence electrons. The van der Waals surface area contributed by atoms with Crippen molar-refractivity contribution in [2.24, 2.45) is 5.92 Å². The van der Waals surface area contributed by atoms with Crippen molar-refractivity contribution in [3.8, 4) is 0 Å². The van der Waals surface area contributed by atoms with E-state index in [0.29, 0.717) is 25.7 Å². The standard InChI is InChI=1S/C83H162O17P2/c1-6-10-13-16-19-22-25-27-28-29-30-31-32-33-34-35-40-44-49-54-59-64-69-83(88)100-79(73-94-81(86)67-62-57-52-47-43-39-37-36-38-41-45-50-55-60-65-76(5)9-4)75-98-102(91,92)96-71-77(84)70-95-101(89,90)97-74-78(72-93-80(85)66-61-56-51-46-24-21-18-15-12-8-3)99-82(87)68-63-58-53-48-42-26-23-20-17-14-11-7-2/h76-79,84H,6-75H2,1-5H3,(H,89,90)(H,91,92)/t76?,77-,78+,79+/m0/s1. The summed E-state index contributed by atoms with van der Waals surface area (Å²) in [5, 5.41) is 10.6. The molecule has 0 saturated heterocycles. The summed E-state index contributed by atoms with van der Waals surface area (Å²) < 4.78 is 68.7. The third kappa shape index (κ3) is 74.9. The summed E-state index contributed by atoms with van der Waals surface area (Å²) in [6.07, 6.45) is 68.0. The van der Waals surface area contributed by atoms with Crippen molar-refractivity contribution in [2.45, 2.75) is 464 Å². The number of esters is 4. The molecule has 0 aromatic carbocycles. The number of hydrogen-bond donors (Lipinski definition) is 3. The van der Waals surface area contributed by atoms with Crippen LogP contribution in [-0.2, 0) is 65.4 Å². The fourth-order valence-electron chi connectivity index (χ4n) is 12.9.